The molecule has 1 N–H and O–H groups in total. The molecule has 25 heavy (non-hydrogen) atoms. The van der Waals surface area contributed by atoms with Crippen molar-refractivity contribution in [2.45, 2.75) is 19.3 Å². The summed E-state index contributed by atoms with van der Waals surface area (Å²) in [4.78, 5) is 34.1. The van der Waals surface area contributed by atoms with Crippen molar-refractivity contribution in [3.63, 3.8) is 0 Å². The van der Waals surface area contributed by atoms with Crippen LogP contribution in [0.3, 0.4) is 0 Å². The quantitative estimate of drug-likeness (QED) is 0.449. The van der Waals surface area contributed by atoms with Gasteiger partial charge in [-0.3, -0.25) is 19.7 Å². The van der Waals surface area contributed by atoms with Gasteiger partial charge in [-0.2, -0.15) is 0 Å². The monoisotopic (exact) mass is 342 g/mol. The SMILES string of the molecule is COc1ccc(C(=O)CCCC(=O)Nc2cccc([N+](=O)[O-])c2)cc1. The maximum absolute atomic E-state index is 12.1. The molecule has 0 bridgehead atoms. The molecule has 130 valence electrons. The van der Waals surface area contributed by atoms with E-state index in [1.165, 1.54) is 18.2 Å². The fourth-order valence-electron chi connectivity index (χ4n) is 2.25. The van der Waals surface area contributed by atoms with Gasteiger partial charge in [0.15, 0.2) is 5.78 Å². The lowest BCUT2D eigenvalue weighted by molar-refractivity contribution is -0.384. The number of ketones is 1. The Morgan fingerprint density at radius 1 is 1.12 bits per heavy atom. The Morgan fingerprint density at radius 2 is 1.84 bits per heavy atom. The number of ether oxygens (including phenoxy) is 1. The second-order valence-corrected chi connectivity index (χ2v) is 5.36. The predicted octanol–water partition coefficient (Wildman–Crippen LogP) is 3.60. The largest absolute Gasteiger partial charge is 0.497 e. The molecule has 7 nitrogen and oxygen atoms in total. The number of Topliss-reactive ketones (excluding diaryl/α,β-unsaturated/α-hetero) is 1. The lowest BCUT2D eigenvalue weighted by atomic mass is 10.1. The Balaban J connectivity index is 1.80. The van der Waals surface area contributed by atoms with Crippen molar-refractivity contribution >= 4 is 23.1 Å². The van der Waals surface area contributed by atoms with Gasteiger partial charge in [-0.25, -0.2) is 0 Å². The highest BCUT2D eigenvalue weighted by Crippen LogP contribution is 2.18. The number of benzene rings is 2. The van der Waals surface area contributed by atoms with Crippen molar-refractivity contribution in [2.75, 3.05) is 12.4 Å². The van der Waals surface area contributed by atoms with Gasteiger partial charge >= 0.3 is 0 Å². The Bertz CT molecular complexity index is 771. The molecule has 1 amide bonds. The van der Waals surface area contributed by atoms with Gasteiger partial charge < -0.3 is 10.1 Å². The molecule has 0 unspecified atom stereocenters. The topological polar surface area (TPSA) is 98.5 Å². The summed E-state index contributed by atoms with van der Waals surface area (Å²) in [5, 5.41) is 13.3. The number of nitro benzene ring substituents is 1. The number of methoxy groups -OCH3 is 1. The van der Waals surface area contributed by atoms with Crippen LogP contribution in [0.4, 0.5) is 11.4 Å². The van der Waals surface area contributed by atoms with E-state index in [9.17, 15) is 19.7 Å². The summed E-state index contributed by atoms with van der Waals surface area (Å²) < 4.78 is 5.03. The third-order valence-corrected chi connectivity index (χ3v) is 3.56. The van der Waals surface area contributed by atoms with Crippen LogP contribution >= 0.6 is 0 Å². The van der Waals surface area contributed by atoms with E-state index in [4.69, 9.17) is 4.74 Å². The summed E-state index contributed by atoms with van der Waals surface area (Å²) in [6.07, 6.45) is 0.797. The van der Waals surface area contributed by atoms with Crippen LogP contribution in [0.5, 0.6) is 5.75 Å². The zero-order chi connectivity index (χ0) is 18.2. The fraction of sp³-hybridized carbons (Fsp3) is 0.222. The zero-order valence-electron chi connectivity index (χ0n) is 13.7. The molecular formula is C18H18N2O5. The number of amides is 1. The summed E-state index contributed by atoms with van der Waals surface area (Å²) in [6, 6.07) is 12.5. The van der Waals surface area contributed by atoms with Crippen LogP contribution < -0.4 is 10.1 Å². The molecule has 0 heterocycles. The number of carbonyl (C=O) groups excluding carboxylic acids is 2. The highest BCUT2D eigenvalue weighted by atomic mass is 16.6. The summed E-state index contributed by atoms with van der Waals surface area (Å²) in [6.45, 7) is 0. The van der Waals surface area contributed by atoms with Gasteiger partial charge in [0, 0.05) is 36.2 Å². The van der Waals surface area contributed by atoms with Gasteiger partial charge in [0.05, 0.1) is 12.0 Å². The number of carbonyl (C=O) groups is 2. The minimum Gasteiger partial charge on any atom is -0.497 e. The van der Waals surface area contributed by atoms with Gasteiger partial charge in [-0.1, -0.05) is 6.07 Å². The molecule has 2 aromatic rings. The van der Waals surface area contributed by atoms with Crippen molar-refractivity contribution in [1.29, 1.82) is 0 Å². The molecule has 0 aliphatic rings. The number of nitrogens with zero attached hydrogens (tertiary/aromatic N) is 1. The minimum absolute atomic E-state index is 0.0502. The summed E-state index contributed by atoms with van der Waals surface area (Å²) in [5.41, 5.74) is 0.841. The lowest BCUT2D eigenvalue weighted by Crippen LogP contribution is -2.12. The van der Waals surface area contributed by atoms with Gasteiger partial charge in [-0.05, 0) is 36.8 Å². The standard InChI is InChI=1S/C18H18N2O5/c1-25-16-10-8-13(9-11-16)17(21)6-3-7-18(22)19-14-4-2-5-15(12-14)20(23)24/h2,4-5,8-12H,3,6-7H2,1H3,(H,19,22). The van der Waals surface area contributed by atoms with Crippen LogP contribution in [0.15, 0.2) is 48.5 Å². The molecule has 0 atom stereocenters. The minimum atomic E-state index is -0.525. The number of rotatable bonds is 8. The van der Waals surface area contributed by atoms with Crippen LogP contribution in [0, 0.1) is 10.1 Å². The van der Waals surface area contributed by atoms with Gasteiger partial charge in [-0.15, -0.1) is 0 Å². The Labute approximate surface area is 144 Å². The first kappa shape index (κ1) is 18.1. The van der Waals surface area contributed by atoms with E-state index in [1.54, 1.807) is 37.4 Å². The fourth-order valence-corrected chi connectivity index (χ4v) is 2.25. The van der Waals surface area contributed by atoms with Crippen molar-refractivity contribution in [2.24, 2.45) is 0 Å². The van der Waals surface area contributed by atoms with Crippen LogP contribution in [-0.4, -0.2) is 23.7 Å². The maximum atomic E-state index is 12.1. The average molecular weight is 342 g/mol. The van der Waals surface area contributed by atoms with Gasteiger partial charge in [0.25, 0.3) is 5.69 Å². The van der Waals surface area contributed by atoms with Crippen molar-refractivity contribution in [3.05, 3.63) is 64.2 Å². The molecule has 0 aromatic heterocycles. The summed E-state index contributed by atoms with van der Waals surface area (Å²) in [7, 11) is 1.55. The highest BCUT2D eigenvalue weighted by Gasteiger charge is 2.10. The third kappa shape index (κ3) is 5.42. The predicted molar refractivity (Wildman–Crippen MR) is 92.9 cm³/mol. The molecular weight excluding hydrogens is 324 g/mol. The molecule has 0 radical (unpaired) electrons. The van der Waals surface area contributed by atoms with Crippen molar-refractivity contribution < 1.29 is 19.2 Å². The number of non-ortho nitro benzene ring substituents is 1. The second kappa shape index (κ2) is 8.58. The maximum Gasteiger partial charge on any atom is 0.271 e. The number of hydrogen-bond donors (Lipinski definition) is 1. The van der Waals surface area contributed by atoms with Crippen LogP contribution in [0.1, 0.15) is 29.6 Å². The number of nitro groups is 1. The van der Waals surface area contributed by atoms with Crippen molar-refractivity contribution in [1.82, 2.24) is 0 Å². The number of nitrogens with one attached hydrogen (secondary N) is 1. The van der Waals surface area contributed by atoms with E-state index >= 15 is 0 Å². The molecule has 0 aliphatic carbocycles. The number of anilines is 1. The zero-order valence-corrected chi connectivity index (χ0v) is 13.7. The molecule has 0 spiro atoms. The Hall–Kier alpha value is -3.22. The van der Waals surface area contributed by atoms with Gasteiger partial charge in [0.1, 0.15) is 5.75 Å². The molecule has 2 rings (SSSR count). The van der Waals surface area contributed by atoms with Crippen molar-refractivity contribution in [3.8, 4) is 5.75 Å². The molecule has 7 heteroatoms. The van der Waals surface area contributed by atoms with E-state index in [-0.39, 0.29) is 30.2 Å². The van der Waals surface area contributed by atoms with E-state index < -0.39 is 4.92 Å². The average Bonchev–Trinajstić information content (AvgIpc) is 2.61. The highest BCUT2D eigenvalue weighted by molar-refractivity contribution is 5.97. The van der Waals surface area contributed by atoms with E-state index in [0.29, 0.717) is 23.4 Å². The number of hydrogen-bond acceptors (Lipinski definition) is 5. The third-order valence-electron chi connectivity index (χ3n) is 3.56. The van der Waals surface area contributed by atoms with Crippen LogP contribution in [0.25, 0.3) is 0 Å². The first-order valence-electron chi connectivity index (χ1n) is 7.71. The van der Waals surface area contributed by atoms with E-state index in [0.717, 1.165) is 0 Å². The van der Waals surface area contributed by atoms with E-state index in [1.807, 2.05) is 0 Å². The first-order valence-corrected chi connectivity index (χ1v) is 7.71. The normalized spacial score (nSPS) is 10.1. The smallest absolute Gasteiger partial charge is 0.271 e. The second-order valence-electron chi connectivity index (χ2n) is 5.36. The molecule has 2 aromatic carbocycles. The molecule has 0 saturated heterocycles. The molecule has 0 aliphatic heterocycles. The first-order chi connectivity index (χ1) is 12.0. The molecule has 0 fully saturated rings. The van der Waals surface area contributed by atoms with Crippen LogP contribution in [-0.2, 0) is 4.79 Å². The van der Waals surface area contributed by atoms with E-state index in [2.05, 4.69) is 5.32 Å². The Morgan fingerprint density at radius 3 is 2.48 bits per heavy atom. The molecule has 0 saturated carbocycles. The van der Waals surface area contributed by atoms with Gasteiger partial charge in [0.2, 0.25) is 5.91 Å². The lowest BCUT2D eigenvalue weighted by Gasteiger charge is -2.05. The van der Waals surface area contributed by atoms with Crippen LogP contribution in [0.2, 0.25) is 0 Å². The summed E-state index contributed by atoms with van der Waals surface area (Å²) in [5.74, 6) is 0.335. The summed E-state index contributed by atoms with van der Waals surface area (Å²) >= 11 is 0. The Kier molecular flexibility index (Phi) is 6.22.